The fourth-order valence-electron chi connectivity index (χ4n) is 3.14. The summed E-state index contributed by atoms with van der Waals surface area (Å²) in [5.41, 5.74) is 0.686. The third-order valence-electron chi connectivity index (χ3n) is 4.27. The molecule has 1 fully saturated rings. The highest BCUT2D eigenvalue weighted by Crippen LogP contribution is 2.36. The first kappa shape index (κ1) is 13.9. The van der Waals surface area contributed by atoms with Crippen molar-refractivity contribution in [2.24, 2.45) is 5.92 Å². The van der Waals surface area contributed by atoms with Gasteiger partial charge in [0.15, 0.2) is 0 Å². The molecule has 1 aromatic rings. The largest absolute Gasteiger partial charge is 0.478 e. The Morgan fingerprint density at radius 3 is 2.57 bits per heavy atom. The summed E-state index contributed by atoms with van der Waals surface area (Å²) < 4.78 is 5.47. The van der Waals surface area contributed by atoms with E-state index in [0.29, 0.717) is 11.4 Å². The number of carboxylic acid groups (broad SMARTS) is 1. The highest BCUT2D eigenvalue weighted by molar-refractivity contribution is 5.98. The number of nitrogens with zero attached hydrogens (tertiary/aromatic N) is 1. The highest BCUT2D eigenvalue weighted by Gasteiger charge is 2.36. The Balaban J connectivity index is 1.88. The van der Waals surface area contributed by atoms with E-state index in [9.17, 15) is 14.7 Å². The van der Waals surface area contributed by atoms with Crippen LogP contribution >= 0.6 is 0 Å². The zero-order valence-electron chi connectivity index (χ0n) is 11.8. The lowest BCUT2D eigenvalue weighted by Gasteiger charge is -2.35. The van der Waals surface area contributed by atoms with Gasteiger partial charge in [-0.1, -0.05) is 31.4 Å². The number of carboxylic acids is 1. The third kappa shape index (κ3) is 2.73. The molecule has 1 heterocycles. The molecule has 1 amide bonds. The molecule has 0 aromatic heterocycles. The summed E-state index contributed by atoms with van der Waals surface area (Å²) in [7, 11) is 0. The second kappa shape index (κ2) is 5.76. The van der Waals surface area contributed by atoms with Crippen molar-refractivity contribution >= 4 is 17.6 Å². The fourth-order valence-corrected chi connectivity index (χ4v) is 3.14. The van der Waals surface area contributed by atoms with E-state index in [4.69, 9.17) is 4.74 Å². The molecule has 1 aliphatic heterocycles. The number of rotatable bonds is 2. The molecule has 0 saturated heterocycles. The molecule has 1 saturated carbocycles. The summed E-state index contributed by atoms with van der Waals surface area (Å²) in [5, 5.41) is 9.21. The molecule has 1 unspecified atom stereocenters. The minimum Gasteiger partial charge on any atom is -0.478 e. The van der Waals surface area contributed by atoms with E-state index in [1.54, 1.807) is 17.0 Å². The molecule has 1 atom stereocenters. The topological polar surface area (TPSA) is 66.8 Å². The zero-order valence-corrected chi connectivity index (χ0v) is 11.8. The predicted molar refractivity (Wildman–Crippen MR) is 77.4 cm³/mol. The average Bonchev–Trinajstić information content (AvgIpc) is 2.54. The van der Waals surface area contributed by atoms with Crippen LogP contribution < -0.4 is 9.64 Å². The smallest absolute Gasteiger partial charge is 0.346 e. The summed E-state index contributed by atoms with van der Waals surface area (Å²) in [6, 6.07) is 7.15. The van der Waals surface area contributed by atoms with Gasteiger partial charge in [-0.3, -0.25) is 4.79 Å². The van der Waals surface area contributed by atoms with E-state index in [-0.39, 0.29) is 18.4 Å². The first-order valence-electron chi connectivity index (χ1n) is 7.46. The van der Waals surface area contributed by atoms with Crippen LogP contribution in [0.5, 0.6) is 5.75 Å². The summed E-state index contributed by atoms with van der Waals surface area (Å²) in [6.07, 6.45) is 4.13. The van der Waals surface area contributed by atoms with Crippen molar-refractivity contribution in [3.63, 3.8) is 0 Å². The molecule has 1 aromatic carbocycles. The summed E-state index contributed by atoms with van der Waals surface area (Å²) in [6.45, 7) is 0.0850. The van der Waals surface area contributed by atoms with E-state index in [0.717, 1.165) is 25.7 Å². The van der Waals surface area contributed by atoms with E-state index in [2.05, 4.69) is 0 Å². The van der Waals surface area contributed by atoms with Crippen molar-refractivity contribution in [2.45, 2.75) is 38.2 Å². The number of anilines is 1. The van der Waals surface area contributed by atoms with Crippen LogP contribution in [0.15, 0.2) is 24.3 Å². The van der Waals surface area contributed by atoms with Gasteiger partial charge < -0.3 is 14.7 Å². The van der Waals surface area contributed by atoms with Gasteiger partial charge >= 0.3 is 5.97 Å². The molecular weight excluding hydrogens is 270 g/mol. The molecule has 0 radical (unpaired) electrons. The summed E-state index contributed by atoms with van der Waals surface area (Å²) in [4.78, 5) is 25.6. The summed E-state index contributed by atoms with van der Waals surface area (Å²) >= 11 is 0. The van der Waals surface area contributed by atoms with Crippen LogP contribution in [-0.2, 0) is 9.59 Å². The molecule has 3 rings (SSSR count). The van der Waals surface area contributed by atoms with Gasteiger partial charge in [0, 0.05) is 5.92 Å². The first-order chi connectivity index (χ1) is 10.2. The number of benzene rings is 1. The number of fused-ring (bicyclic) bond motifs is 1. The Kier molecular flexibility index (Phi) is 3.82. The average molecular weight is 289 g/mol. The Morgan fingerprint density at radius 1 is 1.14 bits per heavy atom. The molecule has 0 bridgehead atoms. The maximum Gasteiger partial charge on any atom is 0.346 e. The van der Waals surface area contributed by atoms with Crippen molar-refractivity contribution < 1.29 is 19.4 Å². The van der Waals surface area contributed by atoms with E-state index >= 15 is 0 Å². The maximum absolute atomic E-state index is 12.8. The Morgan fingerprint density at radius 2 is 1.86 bits per heavy atom. The van der Waals surface area contributed by atoms with Gasteiger partial charge in [-0.05, 0) is 25.0 Å². The SMILES string of the molecule is O=C(O)C1CN(C(=O)C2CCCCC2)c2ccccc2O1. The normalized spacial score (nSPS) is 22.3. The lowest BCUT2D eigenvalue weighted by atomic mass is 9.88. The van der Waals surface area contributed by atoms with Crippen molar-refractivity contribution in [2.75, 3.05) is 11.4 Å². The third-order valence-corrected chi connectivity index (χ3v) is 4.27. The number of carbonyl (C=O) groups excluding carboxylic acids is 1. The number of hydrogen-bond donors (Lipinski definition) is 1. The van der Waals surface area contributed by atoms with Gasteiger partial charge in [-0.15, -0.1) is 0 Å². The van der Waals surface area contributed by atoms with Crippen molar-refractivity contribution in [1.82, 2.24) is 0 Å². The number of amides is 1. The van der Waals surface area contributed by atoms with Crippen LogP contribution in [0, 0.1) is 5.92 Å². The van der Waals surface area contributed by atoms with Gasteiger partial charge in [0.2, 0.25) is 12.0 Å². The van der Waals surface area contributed by atoms with Gasteiger partial charge in [-0.2, -0.15) is 0 Å². The van der Waals surface area contributed by atoms with Crippen molar-refractivity contribution in [3.05, 3.63) is 24.3 Å². The second-order valence-corrected chi connectivity index (χ2v) is 5.70. The minimum atomic E-state index is -1.04. The molecular formula is C16H19NO4. The Labute approximate surface area is 123 Å². The van der Waals surface area contributed by atoms with E-state index in [1.807, 2.05) is 12.1 Å². The molecule has 112 valence electrons. The standard InChI is InChI=1S/C16H19NO4/c18-15(11-6-2-1-3-7-11)17-10-14(16(19)20)21-13-9-5-4-8-12(13)17/h4-5,8-9,11,14H,1-3,6-7,10H2,(H,19,20). The maximum atomic E-state index is 12.8. The zero-order chi connectivity index (χ0) is 14.8. The molecule has 5 nitrogen and oxygen atoms in total. The number of hydrogen-bond acceptors (Lipinski definition) is 3. The van der Waals surface area contributed by atoms with Gasteiger partial charge in [0.25, 0.3) is 0 Å². The van der Waals surface area contributed by atoms with Crippen LogP contribution in [0.4, 0.5) is 5.69 Å². The molecule has 2 aliphatic rings. The number of aliphatic carboxylic acids is 1. The number of ether oxygens (including phenoxy) is 1. The number of para-hydroxylation sites is 2. The second-order valence-electron chi connectivity index (χ2n) is 5.70. The van der Waals surface area contributed by atoms with Crippen molar-refractivity contribution in [1.29, 1.82) is 0 Å². The Hall–Kier alpha value is -2.04. The van der Waals surface area contributed by atoms with Crippen LogP contribution in [0.3, 0.4) is 0 Å². The summed E-state index contributed by atoms with van der Waals surface area (Å²) in [5.74, 6) is -0.512. The molecule has 21 heavy (non-hydrogen) atoms. The van der Waals surface area contributed by atoms with Crippen LogP contribution in [-0.4, -0.2) is 29.6 Å². The van der Waals surface area contributed by atoms with Gasteiger partial charge in [0.05, 0.1) is 12.2 Å². The van der Waals surface area contributed by atoms with Gasteiger partial charge in [0.1, 0.15) is 5.75 Å². The van der Waals surface area contributed by atoms with Crippen LogP contribution in [0.2, 0.25) is 0 Å². The molecule has 1 N–H and O–H groups in total. The molecule has 5 heteroatoms. The first-order valence-corrected chi connectivity index (χ1v) is 7.46. The fraction of sp³-hybridized carbons (Fsp3) is 0.500. The monoisotopic (exact) mass is 289 g/mol. The predicted octanol–water partition coefficient (Wildman–Crippen LogP) is 2.45. The molecule has 1 aliphatic carbocycles. The lowest BCUT2D eigenvalue weighted by molar-refractivity contribution is -0.145. The Bertz CT molecular complexity index is 551. The minimum absolute atomic E-state index is 0.0133. The highest BCUT2D eigenvalue weighted by atomic mass is 16.5. The van der Waals surface area contributed by atoms with Crippen LogP contribution in [0.1, 0.15) is 32.1 Å². The number of carbonyl (C=O) groups is 2. The van der Waals surface area contributed by atoms with E-state index < -0.39 is 12.1 Å². The quantitative estimate of drug-likeness (QED) is 0.908. The van der Waals surface area contributed by atoms with Crippen LogP contribution in [0.25, 0.3) is 0 Å². The van der Waals surface area contributed by atoms with Crippen molar-refractivity contribution in [3.8, 4) is 5.75 Å². The van der Waals surface area contributed by atoms with Gasteiger partial charge in [-0.25, -0.2) is 4.79 Å². The molecule has 0 spiro atoms. The van der Waals surface area contributed by atoms with E-state index in [1.165, 1.54) is 6.42 Å². The lowest BCUT2D eigenvalue weighted by Crippen LogP contribution is -2.49.